The fourth-order valence-corrected chi connectivity index (χ4v) is 2.88. The van der Waals surface area contributed by atoms with Crippen LogP contribution in [0.5, 0.6) is 0 Å². The summed E-state index contributed by atoms with van der Waals surface area (Å²) in [5, 5.41) is 8.75. The molecule has 1 fully saturated rings. The van der Waals surface area contributed by atoms with Crippen molar-refractivity contribution in [2.24, 2.45) is 0 Å². The Bertz CT molecular complexity index is 615. The minimum absolute atomic E-state index is 0.334. The third kappa shape index (κ3) is 3.36. The maximum Gasteiger partial charge on any atom is 0.495 e. The molecule has 0 bridgehead atoms. The first-order chi connectivity index (χ1) is 10.8. The molecule has 23 heavy (non-hydrogen) atoms. The van der Waals surface area contributed by atoms with Crippen molar-refractivity contribution >= 4 is 18.7 Å². The average molecular weight is 311 g/mol. The van der Waals surface area contributed by atoms with E-state index in [-0.39, 0.29) is 18.3 Å². The standard InChI is InChI=1S/C19H26BNO2/c1-7-15-12-14(10-9-11-21)13-16(8-2)17(15)20-22-18(3,4)19(5,6)23-20/h9-10,12-13H,7-8H2,1-6H3. The van der Waals surface area contributed by atoms with Gasteiger partial charge in [0, 0.05) is 6.08 Å². The molecule has 0 radical (unpaired) electrons. The van der Waals surface area contributed by atoms with Gasteiger partial charge in [-0.1, -0.05) is 26.0 Å². The second-order valence-electron chi connectivity index (χ2n) is 7.01. The first-order valence-electron chi connectivity index (χ1n) is 8.33. The Labute approximate surface area is 140 Å². The first kappa shape index (κ1) is 17.8. The summed E-state index contributed by atoms with van der Waals surface area (Å²) in [6.07, 6.45) is 5.18. The van der Waals surface area contributed by atoms with Gasteiger partial charge in [0.2, 0.25) is 0 Å². The summed E-state index contributed by atoms with van der Waals surface area (Å²) in [5.74, 6) is 0. The Morgan fingerprint density at radius 3 is 1.91 bits per heavy atom. The van der Waals surface area contributed by atoms with Crippen LogP contribution in [0.15, 0.2) is 18.2 Å². The highest BCUT2D eigenvalue weighted by Crippen LogP contribution is 2.37. The van der Waals surface area contributed by atoms with Crippen molar-refractivity contribution in [3.8, 4) is 6.07 Å². The Balaban J connectivity index is 2.51. The van der Waals surface area contributed by atoms with Crippen molar-refractivity contribution in [2.45, 2.75) is 65.6 Å². The number of nitriles is 1. The predicted octanol–water partition coefficient (Wildman–Crippen LogP) is 3.65. The molecule has 1 aliphatic rings. The van der Waals surface area contributed by atoms with E-state index in [1.54, 1.807) is 0 Å². The second kappa shape index (κ2) is 6.51. The van der Waals surface area contributed by atoms with Gasteiger partial charge in [-0.15, -0.1) is 0 Å². The maximum absolute atomic E-state index is 8.75. The van der Waals surface area contributed by atoms with Crippen LogP contribution in [0.2, 0.25) is 0 Å². The summed E-state index contributed by atoms with van der Waals surface area (Å²) in [7, 11) is -0.334. The monoisotopic (exact) mass is 311 g/mol. The van der Waals surface area contributed by atoms with Crippen LogP contribution >= 0.6 is 0 Å². The Morgan fingerprint density at radius 1 is 1.04 bits per heavy atom. The number of benzene rings is 1. The minimum atomic E-state index is -0.340. The predicted molar refractivity (Wildman–Crippen MR) is 95.6 cm³/mol. The van der Waals surface area contributed by atoms with Gasteiger partial charge in [0.25, 0.3) is 0 Å². The summed E-state index contributed by atoms with van der Waals surface area (Å²) in [5.41, 5.74) is 3.98. The highest BCUT2D eigenvalue weighted by atomic mass is 16.7. The lowest BCUT2D eigenvalue weighted by Crippen LogP contribution is -2.41. The van der Waals surface area contributed by atoms with Crippen LogP contribution in [-0.4, -0.2) is 18.3 Å². The first-order valence-corrected chi connectivity index (χ1v) is 8.33. The Kier molecular flexibility index (Phi) is 5.03. The Hall–Kier alpha value is -1.57. The largest absolute Gasteiger partial charge is 0.495 e. The van der Waals surface area contributed by atoms with Crippen molar-refractivity contribution < 1.29 is 9.31 Å². The van der Waals surface area contributed by atoms with Gasteiger partial charge >= 0.3 is 7.12 Å². The minimum Gasteiger partial charge on any atom is -0.399 e. The van der Waals surface area contributed by atoms with E-state index in [0.29, 0.717) is 0 Å². The van der Waals surface area contributed by atoms with Crippen molar-refractivity contribution in [2.75, 3.05) is 0 Å². The molecule has 0 N–H and O–H groups in total. The molecule has 0 atom stereocenters. The van der Waals surface area contributed by atoms with Crippen LogP contribution in [0.3, 0.4) is 0 Å². The summed E-state index contributed by atoms with van der Waals surface area (Å²) >= 11 is 0. The molecule has 0 saturated carbocycles. The lowest BCUT2D eigenvalue weighted by atomic mass is 9.71. The summed E-state index contributed by atoms with van der Waals surface area (Å²) in [6.45, 7) is 12.6. The van der Waals surface area contributed by atoms with Crippen LogP contribution in [0.25, 0.3) is 6.08 Å². The molecule has 122 valence electrons. The lowest BCUT2D eigenvalue weighted by Gasteiger charge is -2.32. The lowest BCUT2D eigenvalue weighted by molar-refractivity contribution is 0.00578. The van der Waals surface area contributed by atoms with Gasteiger partial charge in [-0.25, -0.2) is 0 Å². The van der Waals surface area contributed by atoms with Crippen molar-refractivity contribution in [3.63, 3.8) is 0 Å². The molecule has 3 nitrogen and oxygen atoms in total. The molecule has 0 spiro atoms. The summed E-state index contributed by atoms with van der Waals surface area (Å²) in [6, 6.07) is 6.32. The van der Waals surface area contributed by atoms with Crippen molar-refractivity contribution in [3.05, 3.63) is 34.9 Å². The van der Waals surface area contributed by atoms with E-state index < -0.39 is 0 Å². The number of rotatable bonds is 4. The summed E-state index contributed by atoms with van der Waals surface area (Å²) in [4.78, 5) is 0. The van der Waals surface area contributed by atoms with Gasteiger partial charge in [0.1, 0.15) is 0 Å². The molecule has 0 aromatic heterocycles. The van der Waals surface area contributed by atoms with Crippen LogP contribution in [0.1, 0.15) is 58.2 Å². The fourth-order valence-electron chi connectivity index (χ4n) is 2.88. The molecule has 1 aromatic rings. The normalized spacial score (nSPS) is 19.3. The van der Waals surface area contributed by atoms with E-state index in [1.807, 2.05) is 6.08 Å². The molecule has 2 rings (SSSR count). The van der Waals surface area contributed by atoms with E-state index in [4.69, 9.17) is 14.6 Å². The molecule has 0 unspecified atom stereocenters. The zero-order chi connectivity index (χ0) is 17.3. The topological polar surface area (TPSA) is 42.2 Å². The molecule has 1 heterocycles. The zero-order valence-electron chi connectivity index (χ0n) is 15.1. The van der Waals surface area contributed by atoms with E-state index in [0.717, 1.165) is 23.9 Å². The number of aryl methyl sites for hydroxylation is 2. The van der Waals surface area contributed by atoms with Crippen LogP contribution in [-0.2, 0) is 22.2 Å². The zero-order valence-corrected chi connectivity index (χ0v) is 15.1. The molecule has 1 aliphatic heterocycles. The van der Waals surface area contributed by atoms with Crippen molar-refractivity contribution in [1.82, 2.24) is 0 Å². The Morgan fingerprint density at radius 2 is 1.52 bits per heavy atom. The van der Waals surface area contributed by atoms with E-state index in [1.165, 1.54) is 17.2 Å². The highest BCUT2D eigenvalue weighted by Gasteiger charge is 2.52. The molecule has 0 amide bonds. The number of allylic oxidation sites excluding steroid dienone is 1. The van der Waals surface area contributed by atoms with E-state index in [2.05, 4.69) is 59.7 Å². The molecule has 1 saturated heterocycles. The smallest absolute Gasteiger partial charge is 0.399 e. The molecule has 1 aromatic carbocycles. The van der Waals surface area contributed by atoms with Gasteiger partial charge in [0.15, 0.2) is 0 Å². The number of nitrogens with zero attached hydrogens (tertiary/aromatic N) is 1. The molecular weight excluding hydrogens is 285 g/mol. The van der Waals surface area contributed by atoms with Crippen molar-refractivity contribution in [1.29, 1.82) is 5.26 Å². The maximum atomic E-state index is 8.75. The third-order valence-electron chi connectivity index (χ3n) is 4.97. The van der Waals surface area contributed by atoms with Crippen LogP contribution in [0.4, 0.5) is 0 Å². The molecule has 4 heteroatoms. The van der Waals surface area contributed by atoms with E-state index in [9.17, 15) is 0 Å². The molecular formula is C19H26BNO2. The van der Waals surface area contributed by atoms with Gasteiger partial charge in [-0.2, -0.15) is 5.26 Å². The number of hydrogen-bond donors (Lipinski definition) is 0. The SMILES string of the molecule is CCc1cc(C=CC#N)cc(CC)c1B1OC(C)(C)C(C)(C)O1. The second-order valence-corrected chi connectivity index (χ2v) is 7.01. The van der Waals surface area contributed by atoms with Gasteiger partial charge < -0.3 is 9.31 Å². The highest BCUT2D eigenvalue weighted by molar-refractivity contribution is 6.63. The third-order valence-corrected chi connectivity index (χ3v) is 4.97. The van der Waals surface area contributed by atoms with Gasteiger partial charge in [-0.3, -0.25) is 0 Å². The summed E-state index contributed by atoms with van der Waals surface area (Å²) < 4.78 is 12.5. The average Bonchev–Trinajstić information content (AvgIpc) is 2.71. The quantitative estimate of drug-likeness (QED) is 0.629. The van der Waals surface area contributed by atoms with Crippen LogP contribution in [0, 0.1) is 11.3 Å². The van der Waals surface area contributed by atoms with Crippen LogP contribution < -0.4 is 5.46 Å². The van der Waals surface area contributed by atoms with Gasteiger partial charge in [0.05, 0.1) is 17.3 Å². The molecule has 0 aliphatic carbocycles. The van der Waals surface area contributed by atoms with E-state index >= 15 is 0 Å². The van der Waals surface area contributed by atoms with Gasteiger partial charge in [-0.05, 0) is 68.8 Å². The fraction of sp³-hybridized carbons (Fsp3) is 0.526. The number of hydrogen-bond acceptors (Lipinski definition) is 3.